The number of rotatable bonds is 10. The number of hydrogen-bond acceptors (Lipinski definition) is 7. The number of phenolic OH excluding ortho intramolecular Hbond substituents is 1. The first kappa shape index (κ1) is 27.6. The molecule has 0 atom stereocenters. The Kier molecular flexibility index (Phi) is 7.71. The highest BCUT2D eigenvalue weighted by molar-refractivity contribution is 5.77. The fraction of sp³-hybridized carbons (Fsp3) is 0.0556. The highest BCUT2D eigenvalue weighted by Crippen LogP contribution is 2.43. The normalized spacial score (nSPS) is 11.6. The Bertz CT molecular complexity index is 1920. The average molecular weight is 593 g/mol. The molecule has 1 N–H and O–H groups in total. The summed E-state index contributed by atoms with van der Waals surface area (Å²) in [5.74, 6) is 0.461. The standard InChI is InChI=1S/C36H28N6O3/c43-36-34(41-37-28-19-7-8-20-29(28)38-41)32(44-23-11-17-26-13-3-1-4-14-26)25-33(45-24-12-18-27-15-5-2-6-16-27)35(36)42-39-30-21-9-10-22-31(30)40-42/h1-22,25,43H,23-24H2. The van der Waals surface area contributed by atoms with Crippen LogP contribution in [-0.2, 0) is 0 Å². The van der Waals surface area contributed by atoms with Crippen molar-refractivity contribution in [3.8, 4) is 28.6 Å². The molecule has 220 valence electrons. The molecule has 9 heteroatoms. The molecule has 0 aliphatic heterocycles. The lowest BCUT2D eigenvalue weighted by Gasteiger charge is -2.17. The van der Waals surface area contributed by atoms with Crippen LogP contribution < -0.4 is 9.47 Å². The van der Waals surface area contributed by atoms with E-state index in [4.69, 9.17) is 9.47 Å². The SMILES string of the molecule is Oc1c(-n2nc3ccccc3n2)c(OCC=Cc2ccccc2)cc(OCC=Cc2ccccc2)c1-n1nc2ccccc2n1. The molecule has 2 aromatic heterocycles. The fourth-order valence-corrected chi connectivity index (χ4v) is 4.90. The van der Waals surface area contributed by atoms with Crippen LogP contribution in [0, 0.1) is 0 Å². The summed E-state index contributed by atoms with van der Waals surface area (Å²) in [5, 5.41) is 30.5. The Labute approximate surface area is 258 Å². The van der Waals surface area contributed by atoms with Crippen molar-refractivity contribution in [2.75, 3.05) is 13.2 Å². The molecule has 0 saturated carbocycles. The monoisotopic (exact) mass is 592 g/mol. The van der Waals surface area contributed by atoms with Gasteiger partial charge in [-0.25, -0.2) is 0 Å². The molecule has 0 unspecified atom stereocenters. The largest absolute Gasteiger partial charge is 0.504 e. The van der Waals surface area contributed by atoms with Crippen molar-refractivity contribution < 1.29 is 14.6 Å². The van der Waals surface area contributed by atoms with Gasteiger partial charge in [0, 0.05) is 6.07 Å². The van der Waals surface area contributed by atoms with Crippen molar-refractivity contribution >= 4 is 34.2 Å². The molecule has 45 heavy (non-hydrogen) atoms. The molecule has 0 aliphatic carbocycles. The number of benzene rings is 5. The van der Waals surface area contributed by atoms with Crippen LogP contribution in [0.2, 0.25) is 0 Å². The molecule has 0 saturated heterocycles. The lowest BCUT2D eigenvalue weighted by atomic mass is 10.2. The van der Waals surface area contributed by atoms with E-state index in [-0.39, 0.29) is 30.3 Å². The van der Waals surface area contributed by atoms with Crippen LogP contribution in [0.3, 0.4) is 0 Å². The summed E-state index contributed by atoms with van der Waals surface area (Å²) in [6, 6.07) is 36.6. The van der Waals surface area contributed by atoms with Gasteiger partial charge in [-0.3, -0.25) is 0 Å². The topological polar surface area (TPSA) is 100 Å². The molecular weight excluding hydrogens is 564 g/mol. The Hall–Kier alpha value is -6.22. The van der Waals surface area contributed by atoms with E-state index in [1.54, 1.807) is 6.07 Å². The van der Waals surface area contributed by atoms with Crippen LogP contribution in [0.5, 0.6) is 17.2 Å². The van der Waals surface area contributed by atoms with Gasteiger partial charge in [-0.2, -0.15) is 0 Å². The summed E-state index contributed by atoms with van der Waals surface area (Å²) in [4.78, 5) is 2.75. The van der Waals surface area contributed by atoms with Gasteiger partial charge in [-0.15, -0.1) is 30.0 Å². The summed E-state index contributed by atoms with van der Waals surface area (Å²) >= 11 is 0. The summed E-state index contributed by atoms with van der Waals surface area (Å²) < 4.78 is 12.5. The molecule has 0 fully saturated rings. The van der Waals surface area contributed by atoms with E-state index in [2.05, 4.69) is 20.4 Å². The molecule has 7 aromatic rings. The third-order valence-corrected chi connectivity index (χ3v) is 7.04. The van der Waals surface area contributed by atoms with Gasteiger partial charge in [0.15, 0.2) is 28.6 Å². The molecular formula is C36H28N6O3. The number of hydrogen-bond donors (Lipinski definition) is 1. The van der Waals surface area contributed by atoms with Gasteiger partial charge in [0.1, 0.15) is 35.3 Å². The first-order valence-corrected chi connectivity index (χ1v) is 14.5. The van der Waals surface area contributed by atoms with E-state index < -0.39 is 0 Å². The predicted molar refractivity (Wildman–Crippen MR) is 175 cm³/mol. The van der Waals surface area contributed by atoms with Crippen molar-refractivity contribution in [1.82, 2.24) is 30.0 Å². The minimum absolute atomic E-state index is 0.192. The number of ether oxygens (including phenoxy) is 2. The maximum Gasteiger partial charge on any atom is 0.178 e. The van der Waals surface area contributed by atoms with Crippen molar-refractivity contribution in [3.05, 3.63) is 139 Å². The van der Waals surface area contributed by atoms with Crippen molar-refractivity contribution in [2.45, 2.75) is 0 Å². The highest BCUT2D eigenvalue weighted by Gasteiger charge is 2.26. The number of aromatic nitrogens is 6. The van der Waals surface area contributed by atoms with Gasteiger partial charge in [0.25, 0.3) is 0 Å². The van der Waals surface area contributed by atoms with Crippen molar-refractivity contribution in [3.63, 3.8) is 0 Å². The van der Waals surface area contributed by atoms with Crippen molar-refractivity contribution in [2.24, 2.45) is 0 Å². The van der Waals surface area contributed by atoms with Crippen LogP contribution in [-0.4, -0.2) is 48.3 Å². The number of aromatic hydroxyl groups is 1. The average Bonchev–Trinajstić information content (AvgIpc) is 3.70. The molecule has 7 rings (SSSR count). The van der Waals surface area contributed by atoms with Crippen LogP contribution in [0.15, 0.2) is 127 Å². The zero-order valence-corrected chi connectivity index (χ0v) is 24.1. The number of fused-ring (bicyclic) bond motifs is 2. The Morgan fingerprint density at radius 3 is 1.24 bits per heavy atom. The summed E-state index contributed by atoms with van der Waals surface area (Å²) in [5.41, 5.74) is 5.25. The predicted octanol–water partition coefficient (Wildman–Crippen LogP) is 7.04. The minimum Gasteiger partial charge on any atom is -0.504 e. The Morgan fingerprint density at radius 2 is 0.867 bits per heavy atom. The molecule has 5 aromatic carbocycles. The van der Waals surface area contributed by atoms with Crippen LogP contribution in [0.25, 0.3) is 45.6 Å². The number of phenols is 1. The van der Waals surface area contributed by atoms with Gasteiger partial charge in [0.05, 0.1) is 0 Å². The van der Waals surface area contributed by atoms with Gasteiger partial charge in [-0.05, 0) is 47.5 Å². The fourth-order valence-electron chi connectivity index (χ4n) is 4.90. The molecule has 0 aliphatic rings. The minimum atomic E-state index is -0.192. The Morgan fingerprint density at radius 1 is 0.511 bits per heavy atom. The van der Waals surface area contributed by atoms with Crippen LogP contribution in [0.1, 0.15) is 11.1 Å². The second-order valence-corrected chi connectivity index (χ2v) is 10.1. The lowest BCUT2D eigenvalue weighted by molar-refractivity contribution is 0.334. The quantitative estimate of drug-likeness (QED) is 0.182. The zero-order chi connectivity index (χ0) is 30.4. The lowest BCUT2D eigenvalue weighted by Crippen LogP contribution is -2.10. The molecule has 0 spiro atoms. The van der Waals surface area contributed by atoms with E-state index in [1.165, 1.54) is 9.59 Å². The second-order valence-electron chi connectivity index (χ2n) is 10.1. The van der Waals surface area contributed by atoms with Gasteiger partial charge in [-0.1, -0.05) is 97.1 Å². The molecule has 0 bridgehead atoms. The van der Waals surface area contributed by atoms with Crippen LogP contribution >= 0.6 is 0 Å². The van der Waals surface area contributed by atoms with E-state index in [1.807, 2.05) is 133 Å². The van der Waals surface area contributed by atoms with Gasteiger partial charge in [0.2, 0.25) is 0 Å². The zero-order valence-electron chi connectivity index (χ0n) is 24.1. The number of nitrogens with zero attached hydrogens (tertiary/aromatic N) is 6. The summed E-state index contributed by atoms with van der Waals surface area (Å²) in [7, 11) is 0. The Balaban J connectivity index is 1.32. The third-order valence-electron chi connectivity index (χ3n) is 7.04. The second kappa shape index (κ2) is 12.6. The highest BCUT2D eigenvalue weighted by atomic mass is 16.5. The molecule has 0 radical (unpaired) electrons. The first-order valence-electron chi connectivity index (χ1n) is 14.5. The maximum atomic E-state index is 12.0. The third kappa shape index (κ3) is 6.00. The molecule has 2 heterocycles. The van der Waals surface area contributed by atoms with Crippen LogP contribution in [0.4, 0.5) is 0 Å². The van der Waals surface area contributed by atoms with E-state index >= 15 is 0 Å². The van der Waals surface area contributed by atoms with E-state index in [0.717, 1.165) is 11.1 Å². The maximum absolute atomic E-state index is 12.0. The summed E-state index contributed by atoms with van der Waals surface area (Å²) in [6.07, 6.45) is 7.75. The van der Waals surface area contributed by atoms with Crippen molar-refractivity contribution in [1.29, 1.82) is 0 Å². The first-order chi connectivity index (χ1) is 22.2. The van der Waals surface area contributed by atoms with Gasteiger partial charge >= 0.3 is 0 Å². The summed E-state index contributed by atoms with van der Waals surface area (Å²) in [6.45, 7) is 0.442. The smallest absolute Gasteiger partial charge is 0.178 e. The van der Waals surface area contributed by atoms with Gasteiger partial charge < -0.3 is 14.6 Å². The molecule has 0 amide bonds. The molecule has 9 nitrogen and oxygen atoms in total. The van der Waals surface area contributed by atoms with E-state index in [9.17, 15) is 5.11 Å². The van der Waals surface area contributed by atoms with E-state index in [0.29, 0.717) is 33.6 Å².